The van der Waals surface area contributed by atoms with E-state index in [2.05, 4.69) is 33.4 Å². The third-order valence-corrected chi connectivity index (χ3v) is 25.8. The highest BCUT2D eigenvalue weighted by molar-refractivity contribution is 7.04. The van der Waals surface area contributed by atoms with Gasteiger partial charge in [-0.25, -0.2) is 35.1 Å². The van der Waals surface area contributed by atoms with Gasteiger partial charge in [-0.15, -0.1) is 0 Å². The molecule has 9 heterocycles. The van der Waals surface area contributed by atoms with Crippen molar-refractivity contribution >= 4 is 203 Å². The molecule has 17 aromatic carbocycles. The molecule has 0 aliphatic carbocycles. The fourth-order valence-corrected chi connectivity index (χ4v) is 21.1. The number of anilines is 12. The largest absolute Gasteiger partial charge is 0.458 e. The normalized spacial score (nSPS) is 13.6. The van der Waals surface area contributed by atoms with Crippen molar-refractivity contribution in [2.75, 3.05) is 19.6 Å². The number of halogens is 8. The molecule has 122 heavy (non-hydrogen) atoms. The van der Waals surface area contributed by atoms with Crippen LogP contribution in [0.2, 0.25) is 0 Å². The molecule has 0 bridgehead atoms. The third-order valence-electron chi connectivity index (χ3n) is 25.8. The van der Waals surface area contributed by atoms with Crippen molar-refractivity contribution in [2.24, 2.45) is 0 Å². The highest BCUT2D eigenvalue weighted by Crippen LogP contribution is 2.55. The lowest BCUT2D eigenvalue weighted by molar-refractivity contribution is 0.487. The quantitative estimate of drug-likeness (QED) is 0.117. The Labute approximate surface area is 691 Å². The van der Waals surface area contributed by atoms with Crippen LogP contribution in [-0.4, -0.2) is 33.8 Å². The Balaban J connectivity index is 0.827. The first-order chi connectivity index (χ1) is 59.9. The Kier molecular flexibility index (Phi) is 14.1. The predicted octanol–water partition coefficient (Wildman–Crippen LogP) is 21.0. The van der Waals surface area contributed by atoms with E-state index in [1.54, 1.807) is 21.9 Å². The summed E-state index contributed by atoms with van der Waals surface area (Å²) in [6.07, 6.45) is 0. The summed E-state index contributed by atoms with van der Waals surface area (Å²) in [7, 11) is 0. The molecule has 574 valence electrons. The molecule has 9 nitrogen and oxygen atoms in total. The molecule has 0 radical (unpaired) electrons. The van der Waals surface area contributed by atoms with Crippen LogP contribution in [0.3, 0.4) is 0 Å². The zero-order valence-corrected chi connectivity index (χ0v) is 63.9. The molecule has 0 saturated heterocycles. The Bertz CT molecular complexity index is 7500. The maximum absolute atomic E-state index is 18.5. The van der Waals surface area contributed by atoms with Crippen LogP contribution in [0.4, 0.5) is 103 Å². The zero-order valence-electron chi connectivity index (χ0n) is 63.9. The Morgan fingerprint density at radius 1 is 0.189 bits per heavy atom. The van der Waals surface area contributed by atoms with Gasteiger partial charge in [-0.3, -0.25) is 0 Å². The summed E-state index contributed by atoms with van der Waals surface area (Å²) < 4.78 is 167. The van der Waals surface area contributed by atoms with Crippen molar-refractivity contribution in [3.63, 3.8) is 0 Å². The number of aromatic nitrogens is 3. The van der Waals surface area contributed by atoms with Crippen molar-refractivity contribution in [3.8, 4) is 40.1 Å². The molecule has 6 aliphatic rings. The second kappa shape index (κ2) is 25.1. The summed E-state index contributed by atoms with van der Waals surface area (Å²) in [5, 5.41) is 5.51. The predicted molar refractivity (Wildman–Crippen MR) is 475 cm³/mol. The van der Waals surface area contributed by atoms with Crippen molar-refractivity contribution < 1.29 is 44.6 Å². The number of fused-ring (bicyclic) bond motifs is 21. The number of hydrogen-bond donors (Lipinski definition) is 0. The molecule has 6 aliphatic heterocycles. The van der Waals surface area contributed by atoms with Crippen LogP contribution < -0.4 is 78.2 Å². The van der Waals surface area contributed by atoms with Gasteiger partial charge in [0.05, 0.1) is 50.2 Å². The van der Waals surface area contributed by atoms with Crippen LogP contribution in [0.15, 0.2) is 328 Å². The van der Waals surface area contributed by atoms with Crippen LogP contribution in [0.25, 0.3) is 82.5 Å². The second-order valence-electron chi connectivity index (χ2n) is 31.9. The van der Waals surface area contributed by atoms with Gasteiger partial charge < -0.3 is 42.8 Å². The third kappa shape index (κ3) is 9.23. The fraction of sp³-hybridized carbons (Fsp3) is 0. The van der Waals surface area contributed by atoms with E-state index in [4.69, 9.17) is 9.47 Å². The highest BCUT2D eigenvalue weighted by atomic mass is 19.2. The smallest absolute Gasteiger partial charge is 0.256 e. The molecule has 26 rings (SSSR count). The SMILES string of the molecule is Fc1cccc(F)c1N1c2cc3c(cc2B2c4ccccc4Oc4cc(-n5c6ccccc6c6ccccc65)cc1c42)B1c2cc4c(cc2N(c2c(F)cccc2F)c2cc(-n5c6ccccc6c6ccccc65)cc(c21)N3c1c(F)cccc1F)N(c1c(F)cccc1F)c1cc(-n2c3ccccc3c3ccccc32)cc2c1B4c1ccccc1O2. The minimum atomic E-state index is -1.16. The summed E-state index contributed by atoms with van der Waals surface area (Å²) >= 11 is 0. The fourth-order valence-electron chi connectivity index (χ4n) is 21.1. The van der Waals surface area contributed by atoms with E-state index in [1.165, 1.54) is 58.3 Å². The molecule has 20 heteroatoms. The molecule has 0 fully saturated rings. The first kappa shape index (κ1) is 68.6. The van der Waals surface area contributed by atoms with E-state index in [-0.39, 0.29) is 34.1 Å². The Morgan fingerprint density at radius 2 is 0.418 bits per heavy atom. The van der Waals surface area contributed by atoms with Crippen LogP contribution >= 0.6 is 0 Å². The maximum Gasteiger partial charge on any atom is 0.256 e. The number of ether oxygens (including phenoxy) is 2. The molecular formula is C102H54B3F8N7O2. The van der Waals surface area contributed by atoms with Crippen molar-refractivity contribution in [2.45, 2.75) is 0 Å². The number of hydrogen-bond acceptors (Lipinski definition) is 6. The molecule has 0 unspecified atom stereocenters. The van der Waals surface area contributed by atoms with Crippen LogP contribution in [0, 0.1) is 46.5 Å². The lowest BCUT2D eigenvalue weighted by Gasteiger charge is -2.47. The molecule has 3 aromatic heterocycles. The summed E-state index contributed by atoms with van der Waals surface area (Å²) in [5.74, 6) is -6.00. The van der Waals surface area contributed by atoms with Crippen LogP contribution in [0.5, 0.6) is 23.0 Å². The molecule has 0 saturated carbocycles. The zero-order chi connectivity index (χ0) is 81.1. The summed E-state index contributed by atoms with van der Waals surface area (Å²) in [4.78, 5) is 6.13. The average Bonchev–Trinajstić information content (AvgIpc) is 0.723. The molecule has 0 amide bonds. The topological polar surface area (TPSA) is 46.2 Å². The van der Waals surface area contributed by atoms with Gasteiger partial charge in [-0.05, 0) is 183 Å². The lowest BCUT2D eigenvalue weighted by Crippen LogP contribution is -2.66. The van der Waals surface area contributed by atoms with Gasteiger partial charge in [-0.1, -0.05) is 182 Å². The first-order valence-electron chi connectivity index (χ1n) is 40.2. The van der Waals surface area contributed by atoms with Gasteiger partial charge in [0.15, 0.2) is 0 Å². The molecule has 20 aromatic rings. The van der Waals surface area contributed by atoms with E-state index in [9.17, 15) is 0 Å². The minimum absolute atomic E-state index is 0.144. The Morgan fingerprint density at radius 3 is 0.697 bits per heavy atom. The average molecular weight is 1590 g/mol. The number of rotatable bonds is 7. The van der Waals surface area contributed by atoms with E-state index < -0.39 is 89.4 Å². The van der Waals surface area contributed by atoms with Crippen molar-refractivity contribution in [1.82, 2.24) is 13.7 Å². The van der Waals surface area contributed by atoms with Gasteiger partial charge in [-0.2, -0.15) is 0 Å². The summed E-state index contributed by atoms with van der Waals surface area (Å²) in [6.45, 7) is -2.83. The van der Waals surface area contributed by atoms with Gasteiger partial charge >= 0.3 is 0 Å². The van der Waals surface area contributed by atoms with Crippen molar-refractivity contribution in [3.05, 3.63) is 374 Å². The van der Waals surface area contributed by atoms with Crippen molar-refractivity contribution in [1.29, 1.82) is 0 Å². The van der Waals surface area contributed by atoms with E-state index in [0.717, 1.165) is 78.6 Å². The summed E-state index contributed by atoms with van der Waals surface area (Å²) in [6, 6.07) is 96.3. The van der Waals surface area contributed by atoms with Gasteiger partial charge in [0.1, 0.15) is 92.3 Å². The molecule has 0 atom stereocenters. The van der Waals surface area contributed by atoms with E-state index in [1.807, 2.05) is 223 Å². The first-order valence-corrected chi connectivity index (χ1v) is 40.2. The molecular weight excluding hydrogens is 1540 g/mol. The number of nitrogens with zero attached hydrogens (tertiary/aromatic N) is 7. The van der Waals surface area contributed by atoms with Gasteiger partial charge in [0, 0.05) is 89.9 Å². The number of benzene rings is 17. The highest BCUT2D eigenvalue weighted by Gasteiger charge is 2.53. The van der Waals surface area contributed by atoms with E-state index >= 15 is 35.1 Å². The van der Waals surface area contributed by atoms with E-state index in [0.29, 0.717) is 112 Å². The van der Waals surface area contributed by atoms with Gasteiger partial charge in [0.25, 0.3) is 20.1 Å². The maximum atomic E-state index is 18.5. The lowest BCUT2D eigenvalue weighted by atomic mass is 9.29. The standard InChI is InChI=1S/C102H54B3F8N7O2/c106-70-29-17-30-71(107)99(70)117-86-53-84-66(103-64-27-7-15-43-92(64)121-94-49-56(47-90(97(94)103)119(84)101-74(110)33-19-34-75(101)111)115-80-39-11-3-23-60(80)61-24-4-12-40-81(61)115)51-68(86)105-69-52-67-85(54-87(69)118(100-72(108)31-18-32-73(100)109)89-46-55(45-88(117)96(89)105)114-78-37-9-1-21-58(78)59-22-2-10-38-79(59)114)120(102-76(112)35-20-36-77(102)113)91-48-57(50-95-98(91)104(67)65-28-8-16-44-93(65)122-95)116-82-41-13-5-25-62(82)63-26-6-14-42-83(63)116/h1-54H. The Hall–Kier alpha value is -15.4. The molecule has 0 spiro atoms. The van der Waals surface area contributed by atoms with Crippen LogP contribution in [-0.2, 0) is 0 Å². The monoisotopic (exact) mass is 1590 g/mol. The van der Waals surface area contributed by atoms with Crippen LogP contribution in [0.1, 0.15) is 0 Å². The second-order valence-corrected chi connectivity index (χ2v) is 31.9. The number of para-hydroxylation sites is 12. The minimum Gasteiger partial charge on any atom is -0.458 e. The molecule has 0 N–H and O–H groups in total. The summed E-state index contributed by atoms with van der Waals surface area (Å²) in [5.41, 5.74) is 10.5. The van der Waals surface area contributed by atoms with Gasteiger partial charge in [0.2, 0.25) is 0 Å².